The number of nitrogens with one attached hydrogen (secondary N) is 1. The van der Waals surface area contributed by atoms with E-state index in [4.69, 9.17) is 28.4 Å². The lowest BCUT2D eigenvalue weighted by Gasteiger charge is -2.71. The number of ether oxygens (including phenoxy) is 6. The van der Waals surface area contributed by atoms with Gasteiger partial charge in [-0.3, -0.25) is 9.59 Å². The molecule has 0 aromatic heterocycles. The molecule has 18 heteroatoms. The molecule has 8 rings (SSSR count). The van der Waals surface area contributed by atoms with Gasteiger partial charge >= 0.3 is 5.97 Å². The van der Waals surface area contributed by atoms with Gasteiger partial charge < -0.3 is 79.7 Å². The van der Waals surface area contributed by atoms with Gasteiger partial charge in [-0.15, -0.1) is 0 Å². The summed E-state index contributed by atoms with van der Waals surface area (Å²) in [6.07, 6.45) is -11.7. The Morgan fingerprint density at radius 2 is 1.46 bits per heavy atom. The summed E-state index contributed by atoms with van der Waals surface area (Å²) >= 11 is 0. The van der Waals surface area contributed by atoms with Crippen molar-refractivity contribution in [2.45, 2.75) is 218 Å². The quantitative estimate of drug-likeness (QED) is 0.116. The first-order valence-electron chi connectivity index (χ1n) is 24.6. The van der Waals surface area contributed by atoms with Crippen LogP contribution in [0.2, 0.25) is 0 Å². The molecule has 0 bridgehead atoms. The fourth-order valence-corrected chi connectivity index (χ4v) is 15.2. The van der Waals surface area contributed by atoms with E-state index in [1.807, 2.05) is 0 Å². The Labute approximate surface area is 393 Å². The number of rotatable bonds is 9. The predicted molar refractivity (Wildman–Crippen MR) is 236 cm³/mol. The average Bonchev–Trinajstić information content (AvgIpc) is 3.24. The molecule has 382 valence electrons. The molecule has 4 saturated carbocycles. The number of carboxylic acid groups (broad SMARTS) is 1. The summed E-state index contributed by atoms with van der Waals surface area (Å²) in [5.41, 5.74) is -1.27. The molecule has 8 aliphatic rings. The van der Waals surface area contributed by atoms with E-state index >= 15 is 0 Å². The van der Waals surface area contributed by atoms with Crippen LogP contribution in [0.3, 0.4) is 0 Å². The third-order valence-electron chi connectivity index (χ3n) is 19.3. The minimum Gasteiger partial charge on any atom is -0.481 e. The molecule has 0 spiro atoms. The molecule has 3 aliphatic heterocycles. The first-order valence-corrected chi connectivity index (χ1v) is 24.6. The van der Waals surface area contributed by atoms with Gasteiger partial charge in [0.05, 0.1) is 31.5 Å². The maximum atomic E-state index is 13.2. The number of aliphatic hydroxyl groups is 8. The largest absolute Gasteiger partial charge is 0.481 e. The second-order valence-electron chi connectivity index (χ2n) is 23.9. The third-order valence-corrected chi connectivity index (χ3v) is 19.3. The molecule has 10 N–H and O–H groups in total. The summed E-state index contributed by atoms with van der Waals surface area (Å²) < 4.78 is 36.4. The molecule has 1 amide bonds. The number of allylic oxidation sites excluding steroid dienone is 2. The predicted octanol–water partition coefficient (Wildman–Crippen LogP) is 1.49. The highest BCUT2D eigenvalue weighted by Crippen LogP contribution is 2.76. The van der Waals surface area contributed by atoms with Gasteiger partial charge in [0.1, 0.15) is 66.4 Å². The Hall–Kier alpha value is -1.88. The van der Waals surface area contributed by atoms with Crippen LogP contribution in [0.1, 0.15) is 120 Å². The monoisotopic (exact) mass is 954 g/mol. The average molecular weight is 954 g/mol. The van der Waals surface area contributed by atoms with Crippen LogP contribution in [0.25, 0.3) is 0 Å². The molecule has 7 fully saturated rings. The Morgan fingerprint density at radius 1 is 0.761 bits per heavy atom. The third kappa shape index (κ3) is 8.26. The molecule has 5 aliphatic carbocycles. The van der Waals surface area contributed by atoms with Gasteiger partial charge in [0.2, 0.25) is 5.91 Å². The standard InChI is InChI=1S/C49H79NO17/c1-22-33(54)37(58)39(67-41-38(59)34(55)26(52)20-62-41)42(64-22)63-21-27-35(56)36(57)32(50-23(2)51)40(65-27)66-31-13-14-46(7)28(45(31,5)6)12-15-47(8)29(46)11-10-24-25-18-44(3,4)16-17-49(25,43(60)61)30(53)19-48(24,47)9/h10,22,25-42,52-59H,11-21H2,1-9H3,(H,50,51)(H,60,61)/t22-,25-,26-,27-,28-,29-,30+,31+,32-,33+,34+,35-,36-,37+,38-,39-,40+,41+,42-,46+,47-,48-,49-/m1/s1. The molecule has 67 heavy (non-hydrogen) atoms. The Morgan fingerprint density at radius 3 is 2.13 bits per heavy atom. The summed E-state index contributed by atoms with van der Waals surface area (Å²) in [7, 11) is 0. The van der Waals surface area contributed by atoms with Gasteiger partial charge in [-0.05, 0) is 110 Å². The minimum atomic E-state index is -1.72. The molecule has 3 heterocycles. The Balaban J connectivity index is 1.01. The first kappa shape index (κ1) is 51.5. The first-order chi connectivity index (χ1) is 31.1. The van der Waals surface area contributed by atoms with Crippen LogP contribution in [0.4, 0.5) is 0 Å². The fraction of sp³-hybridized carbons (Fsp3) is 0.918. The van der Waals surface area contributed by atoms with Crippen molar-refractivity contribution in [3.05, 3.63) is 11.6 Å². The van der Waals surface area contributed by atoms with Crippen molar-refractivity contribution in [1.29, 1.82) is 0 Å². The van der Waals surface area contributed by atoms with Crippen molar-refractivity contribution in [1.82, 2.24) is 5.32 Å². The van der Waals surface area contributed by atoms with E-state index in [2.05, 4.69) is 59.9 Å². The highest BCUT2D eigenvalue weighted by Gasteiger charge is 2.71. The van der Waals surface area contributed by atoms with Crippen molar-refractivity contribution in [3.8, 4) is 0 Å². The van der Waals surface area contributed by atoms with Gasteiger partial charge in [-0.25, -0.2) is 0 Å². The van der Waals surface area contributed by atoms with E-state index in [0.29, 0.717) is 19.3 Å². The molecular weight excluding hydrogens is 875 g/mol. The summed E-state index contributed by atoms with van der Waals surface area (Å²) in [5, 5.41) is 101. The van der Waals surface area contributed by atoms with Crippen LogP contribution in [-0.2, 0) is 38.0 Å². The SMILES string of the molecule is CC(=O)N[C@H]1[C@H](O[C@H]2CC[C@@]3(C)[C@H](CC[C@]4(C)[C@@H]3CC=C3[C@H]5CC(C)(C)CC[C@]5(C(=O)O)[C@@H](O)C[C@]34C)C2(C)C)O[C@H](CO[C@@H]2O[C@H](C)[C@H](O)[C@H](O)[C@H]2O[C@@H]2OC[C@@H](O)[C@H](O)[C@H]2O)[C@@H](O)[C@@H]1O. The van der Waals surface area contributed by atoms with Crippen LogP contribution in [0.15, 0.2) is 11.6 Å². The summed E-state index contributed by atoms with van der Waals surface area (Å²) in [6, 6.07) is -1.17. The highest BCUT2D eigenvalue weighted by molar-refractivity contribution is 5.77. The molecule has 0 radical (unpaired) electrons. The zero-order valence-electron chi connectivity index (χ0n) is 40.6. The Bertz CT molecular complexity index is 1880. The Kier molecular flexibility index (Phi) is 13.8. The van der Waals surface area contributed by atoms with Crippen molar-refractivity contribution >= 4 is 11.9 Å². The van der Waals surface area contributed by atoms with Gasteiger partial charge in [-0.2, -0.15) is 0 Å². The van der Waals surface area contributed by atoms with E-state index in [-0.39, 0.29) is 40.6 Å². The van der Waals surface area contributed by atoms with Gasteiger partial charge in [0, 0.05) is 6.92 Å². The summed E-state index contributed by atoms with van der Waals surface area (Å²) in [6.45, 7) is 17.8. The maximum absolute atomic E-state index is 13.2. The molecule has 0 unspecified atom stereocenters. The van der Waals surface area contributed by atoms with Gasteiger partial charge in [0.15, 0.2) is 18.9 Å². The summed E-state index contributed by atoms with van der Waals surface area (Å²) in [4.78, 5) is 25.8. The molecular formula is C49H79NO17. The van der Waals surface area contributed by atoms with Gasteiger partial charge in [-0.1, -0.05) is 60.1 Å². The molecule has 18 nitrogen and oxygen atoms in total. The number of carbonyl (C=O) groups is 2. The summed E-state index contributed by atoms with van der Waals surface area (Å²) in [5.74, 6) is -1.22. The van der Waals surface area contributed by atoms with E-state index in [1.165, 1.54) is 19.4 Å². The second-order valence-corrected chi connectivity index (χ2v) is 23.9. The number of carbonyl (C=O) groups excluding carboxylic acids is 1. The molecule has 23 atom stereocenters. The minimum absolute atomic E-state index is 0.0448. The van der Waals surface area contributed by atoms with Crippen molar-refractivity contribution < 1.29 is 84.0 Å². The van der Waals surface area contributed by atoms with Crippen molar-refractivity contribution in [3.63, 3.8) is 0 Å². The normalized spacial score (nSPS) is 52.6. The topological polar surface area (TPSA) is 284 Å². The number of carboxylic acids is 1. The van der Waals surface area contributed by atoms with Gasteiger partial charge in [0.25, 0.3) is 0 Å². The van der Waals surface area contributed by atoms with Crippen LogP contribution >= 0.6 is 0 Å². The van der Waals surface area contributed by atoms with E-state index < -0.39 is 133 Å². The lowest BCUT2D eigenvalue weighted by atomic mass is 9.33. The molecule has 0 aromatic carbocycles. The van der Waals surface area contributed by atoms with Crippen LogP contribution in [0, 0.1) is 50.2 Å². The van der Waals surface area contributed by atoms with Crippen LogP contribution in [0.5, 0.6) is 0 Å². The fourth-order valence-electron chi connectivity index (χ4n) is 15.2. The number of amides is 1. The van der Waals surface area contributed by atoms with E-state index in [0.717, 1.165) is 38.5 Å². The number of hydrogen-bond donors (Lipinski definition) is 10. The van der Waals surface area contributed by atoms with E-state index in [1.54, 1.807) is 0 Å². The number of fused-ring (bicyclic) bond motifs is 7. The zero-order chi connectivity index (χ0) is 49.1. The number of aliphatic hydroxyl groups excluding tert-OH is 8. The maximum Gasteiger partial charge on any atom is 0.312 e. The highest BCUT2D eigenvalue weighted by atomic mass is 16.8. The van der Waals surface area contributed by atoms with Crippen molar-refractivity contribution in [2.75, 3.05) is 13.2 Å². The van der Waals surface area contributed by atoms with E-state index in [9.17, 15) is 55.5 Å². The van der Waals surface area contributed by atoms with Crippen molar-refractivity contribution in [2.24, 2.45) is 50.2 Å². The molecule has 3 saturated heterocycles. The zero-order valence-corrected chi connectivity index (χ0v) is 40.6. The van der Waals surface area contributed by atoms with Crippen LogP contribution in [-0.4, -0.2) is 169 Å². The number of aliphatic carboxylic acids is 1. The lowest BCUT2D eigenvalue weighted by molar-refractivity contribution is -0.361. The number of hydrogen-bond acceptors (Lipinski definition) is 16. The van der Waals surface area contributed by atoms with Crippen LogP contribution < -0.4 is 5.32 Å². The smallest absolute Gasteiger partial charge is 0.312 e. The second kappa shape index (κ2) is 18.0. The molecule has 0 aromatic rings. The lowest BCUT2D eigenvalue weighted by Crippen LogP contribution is -2.68.